The molecule has 0 saturated heterocycles. The van der Waals surface area contributed by atoms with Crippen molar-refractivity contribution in [2.24, 2.45) is 0 Å². The Hall–Kier alpha value is -1.59. The molecule has 0 radical (unpaired) electrons. The van der Waals surface area contributed by atoms with Crippen LogP contribution in [-0.4, -0.2) is 28.2 Å². The number of benzene rings is 2. The van der Waals surface area contributed by atoms with E-state index >= 15 is 0 Å². The average molecular weight is 407 g/mol. The van der Waals surface area contributed by atoms with Gasteiger partial charge < -0.3 is 14.6 Å². The van der Waals surface area contributed by atoms with Gasteiger partial charge in [-0.3, -0.25) is 0 Å². The molecule has 27 heavy (non-hydrogen) atoms. The van der Waals surface area contributed by atoms with Crippen molar-refractivity contribution in [1.82, 2.24) is 9.47 Å². The van der Waals surface area contributed by atoms with Gasteiger partial charge in [-0.2, -0.15) is 0 Å². The third kappa shape index (κ3) is 3.25. The van der Waals surface area contributed by atoms with Crippen LogP contribution in [-0.2, 0) is 25.1 Å². The highest BCUT2D eigenvalue weighted by molar-refractivity contribution is 6.31. The van der Waals surface area contributed by atoms with Gasteiger partial charge in [0.2, 0.25) is 0 Å². The second kappa shape index (κ2) is 6.78. The molecule has 2 aromatic carbocycles. The first kappa shape index (κ1) is 18.8. The summed E-state index contributed by atoms with van der Waals surface area (Å²) in [6.07, 6.45) is 0.867. The molecule has 1 atom stereocenters. The lowest BCUT2D eigenvalue weighted by atomic mass is 9.95. The quantitative estimate of drug-likeness (QED) is 0.663. The Morgan fingerprint density at radius 3 is 2.78 bits per heavy atom. The summed E-state index contributed by atoms with van der Waals surface area (Å²) in [4.78, 5) is 2.27. The number of aromatic nitrogens is 1. The zero-order chi connectivity index (χ0) is 19.3. The molecule has 0 aliphatic carbocycles. The summed E-state index contributed by atoms with van der Waals surface area (Å²) in [7, 11) is 2.09. The van der Waals surface area contributed by atoms with Crippen molar-refractivity contribution in [2.75, 3.05) is 13.6 Å². The third-order valence-electron chi connectivity index (χ3n) is 5.40. The van der Waals surface area contributed by atoms with Gasteiger partial charge in [-0.25, -0.2) is 4.39 Å². The summed E-state index contributed by atoms with van der Waals surface area (Å²) in [5.41, 5.74) is 2.20. The summed E-state index contributed by atoms with van der Waals surface area (Å²) in [6.45, 7) is 3.63. The molecule has 1 N–H and O–H groups in total. The van der Waals surface area contributed by atoms with E-state index in [4.69, 9.17) is 23.2 Å². The van der Waals surface area contributed by atoms with E-state index in [2.05, 4.69) is 16.5 Å². The molecular weight excluding hydrogens is 386 g/mol. The van der Waals surface area contributed by atoms with Gasteiger partial charge >= 0.3 is 0 Å². The van der Waals surface area contributed by atoms with Crippen LogP contribution >= 0.6 is 23.2 Å². The smallest absolute Gasteiger partial charge is 0.147 e. The Bertz CT molecular complexity index is 1030. The van der Waals surface area contributed by atoms with Gasteiger partial charge in [-0.15, -0.1) is 0 Å². The molecule has 4 rings (SSSR count). The minimum Gasteiger partial charge on any atom is -0.383 e. The molecular formula is C21H21Cl2FN2O. The average Bonchev–Trinajstić information content (AvgIpc) is 2.89. The van der Waals surface area contributed by atoms with Crippen LogP contribution in [0.1, 0.15) is 23.7 Å². The Balaban J connectivity index is 1.86. The van der Waals surface area contributed by atoms with Crippen molar-refractivity contribution < 1.29 is 9.50 Å². The fourth-order valence-electron chi connectivity index (χ4n) is 4.05. The highest BCUT2D eigenvalue weighted by Gasteiger charge is 2.31. The van der Waals surface area contributed by atoms with Crippen LogP contribution in [0.25, 0.3) is 10.9 Å². The minimum absolute atomic E-state index is 0.0144. The van der Waals surface area contributed by atoms with Crippen molar-refractivity contribution in [1.29, 1.82) is 0 Å². The first-order chi connectivity index (χ1) is 12.8. The van der Waals surface area contributed by atoms with Crippen LogP contribution in [0.4, 0.5) is 4.39 Å². The number of nitrogens with zero attached hydrogens (tertiary/aromatic N) is 2. The molecule has 1 aliphatic rings. The summed E-state index contributed by atoms with van der Waals surface area (Å²) in [5.74, 6) is -0.572. The van der Waals surface area contributed by atoms with Crippen LogP contribution < -0.4 is 0 Å². The zero-order valence-corrected chi connectivity index (χ0v) is 16.8. The molecule has 3 aromatic rings. The second-order valence-electron chi connectivity index (χ2n) is 7.54. The lowest BCUT2D eigenvalue weighted by Gasteiger charge is -2.29. The lowest BCUT2D eigenvalue weighted by molar-refractivity contribution is 0.0349. The Morgan fingerprint density at radius 1 is 1.22 bits per heavy atom. The summed E-state index contributed by atoms with van der Waals surface area (Å²) in [5, 5.41) is 13.0. The normalized spacial score (nSPS) is 17.1. The Kier molecular flexibility index (Phi) is 4.71. The second-order valence-corrected chi connectivity index (χ2v) is 8.38. The molecule has 142 valence electrons. The third-order valence-corrected chi connectivity index (χ3v) is 5.93. The van der Waals surface area contributed by atoms with E-state index in [1.165, 1.54) is 17.3 Å². The van der Waals surface area contributed by atoms with Crippen molar-refractivity contribution >= 4 is 34.1 Å². The number of hydrogen-bond acceptors (Lipinski definition) is 2. The highest BCUT2D eigenvalue weighted by Crippen LogP contribution is 2.36. The van der Waals surface area contributed by atoms with Gasteiger partial charge in [0.15, 0.2) is 0 Å². The number of halogens is 3. The number of fused-ring (bicyclic) bond motifs is 3. The van der Waals surface area contributed by atoms with Gasteiger partial charge in [-0.1, -0.05) is 35.3 Å². The molecule has 0 fully saturated rings. The molecule has 0 saturated carbocycles. The van der Waals surface area contributed by atoms with Gasteiger partial charge in [0, 0.05) is 46.7 Å². The lowest BCUT2D eigenvalue weighted by Crippen LogP contribution is -2.32. The van der Waals surface area contributed by atoms with E-state index in [9.17, 15) is 9.50 Å². The summed E-state index contributed by atoms with van der Waals surface area (Å²) < 4.78 is 16.7. The molecule has 2 heterocycles. The molecule has 0 amide bonds. The largest absolute Gasteiger partial charge is 0.383 e. The molecule has 3 nitrogen and oxygen atoms in total. The van der Waals surface area contributed by atoms with E-state index < -0.39 is 11.4 Å². The van der Waals surface area contributed by atoms with Crippen molar-refractivity contribution in [3.63, 3.8) is 0 Å². The van der Waals surface area contributed by atoms with Gasteiger partial charge in [0.1, 0.15) is 11.4 Å². The zero-order valence-electron chi connectivity index (χ0n) is 15.3. The van der Waals surface area contributed by atoms with Gasteiger partial charge in [-0.05, 0) is 43.8 Å². The monoisotopic (exact) mass is 406 g/mol. The molecule has 1 unspecified atom stereocenters. The van der Waals surface area contributed by atoms with Crippen LogP contribution in [0.2, 0.25) is 10.0 Å². The van der Waals surface area contributed by atoms with Crippen molar-refractivity contribution in [3.05, 3.63) is 69.1 Å². The van der Waals surface area contributed by atoms with Crippen LogP contribution in [0.3, 0.4) is 0 Å². The molecule has 0 bridgehead atoms. The van der Waals surface area contributed by atoms with Crippen LogP contribution in [0, 0.1) is 5.82 Å². The van der Waals surface area contributed by atoms with E-state index in [1.54, 1.807) is 19.1 Å². The molecule has 0 spiro atoms. The predicted molar refractivity (Wildman–Crippen MR) is 108 cm³/mol. The van der Waals surface area contributed by atoms with Crippen molar-refractivity contribution in [2.45, 2.75) is 32.0 Å². The van der Waals surface area contributed by atoms with E-state index in [0.29, 0.717) is 5.02 Å². The first-order valence-electron chi connectivity index (χ1n) is 8.93. The maximum atomic E-state index is 14.6. The number of likely N-dealkylation sites (N-methyl/N-ethyl adjacent to an activating group) is 1. The van der Waals surface area contributed by atoms with Gasteiger partial charge in [0.05, 0.1) is 11.6 Å². The molecule has 1 aromatic heterocycles. The predicted octanol–water partition coefficient (Wildman–Crippen LogP) is 4.98. The Morgan fingerprint density at radius 2 is 2.00 bits per heavy atom. The SMILES string of the molecule is CN1CCc2c(c3cc(Cl)ccc3n2CC(C)(O)c2cccc(Cl)c2F)C1. The first-order valence-corrected chi connectivity index (χ1v) is 9.68. The maximum absolute atomic E-state index is 14.6. The summed E-state index contributed by atoms with van der Waals surface area (Å²) in [6, 6.07) is 10.5. The van der Waals surface area contributed by atoms with E-state index in [-0.39, 0.29) is 17.1 Å². The molecule has 6 heteroatoms. The minimum atomic E-state index is -1.41. The van der Waals surface area contributed by atoms with Gasteiger partial charge in [0.25, 0.3) is 0 Å². The summed E-state index contributed by atoms with van der Waals surface area (Å²) >= 11 is 12.2. The fourth-order valence-corrected chi connectivity index (χ4v) is 4.40. The topological polar surface area (TPSA) is 28.4 Å². The van der Waals surface area contributed by atoms with E-state index in [1.807, 2.05) is 18.2 Å². The fraction of sp³-hybridized carbons (Fsp3) is 0.333. The standard InChI is InChI=1S/C21H21Cl2FN2O/c1-21(27,16-4-3-5-17(23)20(16)24)12-26-18-7-6-13(22)10-14(18)15-11-25(2)9-8-19(15)26/h3-7,10,27H,8-9,11-12H2,1-2H3. The number of aliphatic hydroxyl groups is 1. The van der Waals surface area contributed by atoms with Crippen LogP contribution in [0.15, 0.2) is 36.4 Å². The van der Waals surface area contributed by atoms with Crippen LogP contribution in [0.5, 0.6) is 0 Å². The highest BCUT2D eigenvalue weighted by atomic mass is 35.5. The molecule has 1 aliphatic heterocycles. The Labute approximate surface area is 167 Å². The van der Waals surface area contributed by atoms with E-state index in [0.717, 1.165) is 30.4 Å². The number of hydrogen-bond donors (Lipinski definition) is 1. The number of rotatable bonds is 3. The van der Waals surface area contributed by atoms with Crippen molar-refractivity contribution in [3.8, 4) is 0 Å². The maximum Gasteiger partial charge on any atom is 0.147 e.